The van der Waals surface area contributed by atoms with Crippen LogP contribution in [0.15, 0.2) is 80.3 Å². The van der Waals surface area contributed by atoms with Crippen molar-refractivity contribution < 1.29 is 28.5 Å². The molecule has 10 heteroatoms. The van der Waals surface area contributed by atoms with Gasteiger partial charge in [0.1, 0.15) is 0 Å². The summed E-state index contributed by atoms with van der Waals surface area (Å²) in [7, 11) is 0. The van der Waals surface area contributed by atoms with Gasteiger partial charge in [0.2, 0.25) is 12.7 Å². The summed E-state index contributed by atoms with van der Waals surface area (Å²) in [5.41, 5.74) is 1.83. The third kappa shape index (κ3) is 5.38. The highest BCUT2D eigenvalue weighted by Crippen LogP contribution is 2.36. The van der Waals surface area contributed by atoms with E-state index in [0.29, 0.717) is 36.6 Å². The normalized spacial score (nSPS) is 15.4. The molecule has 0 saturated carbocycles. The Kier molecular flexibility index (Phi) is 6.95. The van der Waals surface area contributed by atoms with Crippen molar-refractivity contribution in [3.05, 3.63) is 97.0 Å². The molecule has 3 aromatic rings. The van der Waals surface area contributed by atoms with E-state index in [2.05, 4.69) is 36.9 Å². The second kappa shape index (κ2) is 10.3. The first kappa shape index (κ1) is 24.3. The molecule has 2 aliphatic rings. The molecule has 0 N–H and O–H groups in total. The third-order valence-corrected chi connectivity index (χ3v) is 6.35. The molecule has 5 rings (SSSR count). The minimum Gasteiger partial charge on any atom is -0.454 e. The second-order valence-electron chi connectivity index (χ2n) is 7.52. The van der Waals surface area contributed by atoms with Crippen molar-refractivity contribution in [2.24, 2.45) is 4.99 Å². The minimum absolute atomic E-state index is 0.0432. The monoisotopic (exact) mass is 629 g/mol. The van der Waals surface area contributed by atoms with Crippen LogP contribution < -0.4 is 14.2 Å². The van der Waals surface area contributed by atoms with E-state index in [0.717, 1.165) is 5.56 Å². The maximum atomic E-state index is 12.6. The van der Waals surface area contributed by atoms with E-state index in [1.807, 2.05) is 0 Å². The van der Waals surface area contributed by atoms with Crippen molar-refractivity contribution in [3.63, 3.8) is 0 Å². The molecule has 0 unspecified atom stereocenters. The lowest BCUT2D eigenvalue weighted by molar-refractivity contribution is -0.130. The van der Waals surface area contributed by atoms with Crippen LogP contribution in [0.2, 0.25) is 5.02 Å². The Morgan fingerprint density at radius 2 is 1.81 bits per heavy atom. The van der Waals surface area contributed by atoms with E-state index >= 15 is 0 Å². The van der Waals surface area contributed by atoms with Crippen LogP contribution in [-0.2, 0) is 14.3 Å². The number of ether oxygens (including phenoxy) is 4. The van der Waals surface area contributed by atoms with E-state index in [1.54, 1.807) is 60.7 Å². The van der Waals surface area contributed by atoms with E-state index in [4.69, 9.17) is 30.5 Å². The van der Waals surface area contributed by atoms with Gasteiger partial charge in [-0.15, -0.1) is 0 Å². The Morgan fingerprint density at radius 1 is 1.03 bits per heavy atom. The highest BCUT2D eigenvalue weighted by atomic mass is 79.9. The third-order valence-electron chi connectivity index (χ3n) is 5.05. The quantitative estimate of drug-likeness (QED) is 0.180. The summed E-state index contributed by atoms with van der Waals surface area (Å²) in [6, 6.07) is 15.6. The van der Waals surface area contributed by atoms with Gasteiger partial charge in [-0.2, -0.15) is 0 Å². The molecule has 180 valence electrons. The predicted octanol–water partition coefficient (Wildman–Crippen LogP) is 6.56. The lowest BCUT2D eigenvalue weighted by atomic mass is 10.1. The lowest BCUT2D eigenvalue weighted by Crippen LogP contribution is -2.06. The first-order chi connectivity index (χ1) is 17.4. The largest absolute Gasteiger partial charge is 0.454 e. The van der Waals surface area contributed by atoms with Crippen LogP contribution >= 0.6 is 43.5 Å². The standard InChI is InChI=1S/C26H14Br2ClNO6/c27-17-9-16(24(19(28)12-17)35-23(31)8-3-14-1-5-18(29)6-2-14)10-20-26(32)36-25(30-20)15-4-7-21-22(11-15)34-13-33-21/h1-12H,13H2/b8-3+,20-10+. The van der Waals surface area contributed by atoms with Crippen molar-refractivity contribution in [1.29, 1.82) is 0 Å². The fourth-order valence-electron chi connectivity index (χ4n) is 3.38. The molecule has 2 aliphatic heterocycles. The number of carbonyl (C=O) groups excluding carboxylic acids is 2. The number of aliphatic imine (C=N–C) groups is 1. The number of halogens is 3. The van der Waals surface area contributed by atoms with Crippen LogP contribution in [0.5, 0.6) is 17.2 Å². The Morgan fingerprint density at radius 3 is 2.61 bits per heavy atom. The minimum atomic E-state index is -0.640. The first-order valence-electron chi connectivity index (χ1n) is 10.4. The molecule has 0 aromatic heterocycles. The molecular weight excluding hydrogens is 618 g/mol. The zero-order chi connectivity index (χ0) is 25.2. The van der Waals surface area contributed by atoms with Gasteiger partial charge < -0.3 is 18.9 Å². The van der Waals surface area contributed by atoms with E-state index in [1.165, 1.54) is 12.2 Å². The molecule has 2 heterocycles. The van der Waals surface area contributed by atoms with E-state index < -0.39 is 11.9 Å². The summed E-state index contributed by atoms with van der Waals surface area (Å²) in [5, 5.41) is 0.598. The van der Waals surface area contributed by atoms with Gasteiger partial charge in [0.25, 0.3) is 0 Å². The molecule has 0 spiro atoms. The predicted molar refractivity (Wildman–Crippen MR) is 141 cm³/mol. The fourth-order valence-corrected chi connectivity index (χ4v) is 4.84. The maximum absolute atomic E-state index is 12.6. The van der Waals surface area contributed by atoms with E-state index in [9.17, 15) is 9.59 Å². The summed E-state index contributed by atoms with van der Waals surface area (Å²) < 4.78 is 22.8. The molecule has 0 radical (unpaired) electrons. The molecular formula is C26H14Br2ClNO6. The van der Waals surface area contributed by atoms with Crippen LogP contribution in [0.4, 0.5) is 0 Å². The van der Waals surface area contributed by atoms with Gasteiger partial charge in [-0.25, -0.2) is 14.6 Å². The Balaban J connectivity index is 1.42. The SMILES string of the molecule is O=C(/C=C/c1ccc(Cl)cc1)Oc1c(Br)cc(Br)cc1/C=C1/N=C(c2ccc3c(c2)OCO3)OC1=O. The number of fused-ring (bicyclic) bond motifs is 1. The molecule has 0 fully saturated rings. The van der Waals surface area contributed by atoms with E-state index in [-0.39, 0.29) is 24.1 Å². The summed E-state index contributed by atoms with van der Waals surface area (Å²) in [5.74, 6) is 0.249. The van der Waals surface area contributed by atoms with Crippen LogP contribution in [0.1, 0.15) is 16.7 Å². The second-order valence-corrected chi connectivity index (χ2v) is 9.72. The highest BCUT2D eigenvalue weighted by Gasteiger charge is 2.27. The number of benzene rings is 3. The van der Waals surface area contributed by atoms with Crippen LogP contribution in [0.25, 0.3) is 12.2 Å². The molecule has 0 atom stereocenters. The molecule has 36 heavy (non-hydrogen) atoms. The number of carbonyl (C=O) groups is 2. The van der Waals surface area contributed by atoms with Crippen molar-refractivity contribution >= 4 is 73.4 Å². The van der Waals surface area contributed by atoms with Crippen molar-refractivity contribution in [1.82, 2.24) is 0 Å². The average molecular weight is 632 g/mol. The highest BCUT2D eigenvalue weighted by molar-refractivity contribution is 9.11. The van der Waals surface area contributed by atoms with Gasteiger partial charge in [0.05, 0.1) is 4.47 Å². The molecule has 0 amide bonds. The van der Waals surface area contributed by atoms with Crippen molar-refractivity contribution in [2.45, 2.75) is 0 Å². The lowest BCUT2D eigenvalue weighted by Gasteiger charge is -2.09. The molecule has 0 aliphatic carbocycles. The Bertz CT molecular complexity index is 1480. The number of hydrogen-bond donors (Lipinski definition) is 0. The smallest absolute Gasteiger partial charge is 0.363 e. The van der Waals surface area contributed by atoms with Crippen molar-refractivity contribution in [3.8, 4) is 17.2 Å². The van der Waals surface area contributed by atoms with Gasteiger partial charge in [0.15, 0.2) is 22.9 Å². The van der Waals surface area contributed by atoms with Crippen LogP contribution in [0.3, 0.4) is 0 Å². The number of cyclic esters (lactones) is 1. The van der Waals surface area contributed by atoms with Gasteiger partial charge in [-0.3, -0.25) is 0 Å². The zero-order valence-corrected chi connectivity index (χ0v) is 22.1. The number of rotatable bonds is 5. The Labute approximate surface area is 227 Å². The van der Waals surface area contributed by atoms with Gasteiger partial charge in [-0.1, -0.05) is 39.7 Å². The summed E-state index contributed by atoms with van der Waals surface area (Å²) in [6.45, 7) is 0.129. The van der Waals surface area contributed by atoms with Crippen LogP contribution in [0, 0.1) is 0 Å². The van der Waals surface area contributed by atoms with Crippen LogP contribution in [-0.4, -0.2) is 24.6 Å². The first-order valence-corrected chi connectivity index (χ1v) is 12.4. The zero-order valence-electron chi connectivity index (χ0n) is 18.2. The number of nitrogens with zero attached hydrogens (tertiary/aromatic N) is 1. The maximum Gasteiger partial charge on any atom is 0.363 e. The number of hydrogen-bond acceptors (Lipinski definition) is 7. The van der Waals surface area contributed by atoms with Crippen molar-refractivity contribution in [2.75, 3.05) is 6.79 Å². The Hall–Kier alpha value is -3.40. The topological polar surface area (TPSA) is 83.4 Å². The van der Waals surface area contributed by atoms with Gasteiger partial charge in [0, 0.05) is 26.7 Å². The number of esters is 2. The molecule has 3 aromatic carbocycles. The summed E-state index contributed by atoms with van der Waals surface area (Å²) in [4.78, 5) is 29.5. The van der Waals surface area contributed by atoms with Gasteiger partial charge in [-0.05, 0) is 76.1 Å². The summed E-state index contributed by atoms with van der Waals surface area (Å²) in [6.07, 6.45) is 4.40. The molecule has 7 nitrogen and oxygen atoms in total. The average Bonchev–Trinajstić information content (AvgIpc) is 3.47. The fraction of sp³-hybridized carbons (Fsp3) is 0.0385. The summed E-state index contributed by atoms with van der Waals surface area (Å²) >= 11 is 12.7. The van der Waals surface area contributed by atoms with Gasteiger partial charge >= 0.3 is 11.9 Å². The molecule has 0 bridgehead atoms. The molecule has 0 saturated heterocycles.